The molecule has 1 aliphatic rings. The molecule has 1 heterocycles. The van der Waals surface area contributed by atoms with Crippen LogP contribution in [0.2, 0.25) is 0 Å². The Labute approximate surface area is 128 Å². The van der Waals surface area contributed by atoms with E-state index in [9.17, 15) is 33.2 Å². The van der Waals surface area contributed by atoms with Crippen LogP contribution in [0.5, 0.6) is 0 Å². The van der Waals surface area contributed by atoms with Crippen LogP contribution in [0.15, 0.2) is 16.5 Å². The molecule has 1 saturated carbocycles. The predicted molar refractivity (Wildman–Crippen MR) is 69.9 cm³/mol. The summed E-state index contributed by atoms with van der Waals surface area (Å²) in [5, 5.41) is 22.6. The Morgan fingerprint density at radius 1 is 1.52 bits per heavy atom. The van der Waals surface area contributed by atoms with Crippen molar-refractivity contribution in [1.82, 2.24) is 5.32 Å². The van der Waals surface area contributed by atoms with Gasteiger partial charge < -0.3 is 14.8 Å². The van der Waals surface area contributed by atoms with Crippen LogP contribution in [0.4, 0.5) is 13.2 Å². The SMILES string of the molecule is Cc1ccc([C@](O)(CCNC(=O)[C@@H]2C[C@@H]2[N+](=O)[O-])C(F)(F)F)o1. The molecular weight excluding hydrogens is 321 g/mol. The maximum atomic E-state index is 13.2. The summed E-state index contributed by atoms with van der Waals surface area (Å²) in [6.45, 7) is 0.947. The molecule has 2 N–H and O–H groups in total. The number of nitro groups is 1. The first-order valence-electron chi connectivity index (χ1n) is 6.83. The lowest BCUT2D eigenvalue weighted by Gasteiger charge is -2.28. The zero-order valence-corrected chi connectivity index (χ0v) is 12.1. The van der Waals surface area contributed by atoms with Crippen molar-refractivity contribution in [2.45, 2.75) is 37.6 Å². The van der Waals surface area contributed by atoms with E-state index in [0.29, 0.717) is 0 Å². The van der Waals surface area contributed by atoms with Crippen molar-refractivity contribution in [3.8, 4) is 0 Å². The van der Waals surface area contributed by atoms with Crippen molar-refractivity contribution < 1.29 is 32.4 Å². The van der Waals surface area contributed by atoms with Gasteiger partial charge in [0, 0.05) is 24.3 Å². The molecule has 0 aromatic carbocycles. The molecule has 7 nitrogen and oxygen atoms in total. The van der Waals surface area contributed by atoms with E-state index >= 15 is 0 Å². The van der Waals surface area contributed by atoms with E-state index in [1.807, 2.05) is 0 Å². The number of aryl methyl sites for hydroxylation is 1. The van der Waals surface area contributed by atoms with E-state index in [2.05, 4.69) is 5.32 Å². The third-order valence-electron chi connectivity index (χ3n) is 3.77. The van der Waals surface area contributed by atoms with Gasteiger partial charge in [-0.1, -0.05) is 0 Å². The summed E-state index contributed by atoms with van der Waals surface area (Å²) in [4.78, 5) is 21.5. The van der Waals surface area contributed by atoms with E-state index in [-0.39, 0.29) is 12.2 Å². The zero-order valence-electron chi connectivity index (χ0n) is 12.1. The lowest BCUT2D eigenvalue weighted by atomic mass is 9.95. The van der Waals surface area contributed by atoms with Gasteiger partial charge in [0.05, 0.1) is 0 Å². The van der Waals surface area contributed by atoms with Crippen LogP contribution in [0, 0.1) is 23.0 Å². The number of nitrogens with zero attached hydrogens (tertiary/aromatic N) is 1. The highest BCUT2D eigenvalue weighted by molar-refractivity contribution is 5.81. The van der Waals surface area contributed by atoms with E-state index in [1.165, 1.54) is 13.0 Å². The molecule has 1 amide bonds. The molecule has 1 aromatic heterocycles. The third-order valence-corrected chi connectivity index (χ3v) is 3.77. The quantitative estimate of drug-likeness (QED) is 0.605. The fraction of sp³-hybridized carbons (Fsp3) is 0.615. The molecule has 0 bridgehead atoms. The maximum Gasteiger partial charge on any atom is 0.424 e. The summed E-state index contributed by atoms with van der Waals surface area (Å²) in [5.74, 6) is -1.97. The molecule has 10 heteroatoms. The number of amides is 1. The Kier molecular flexibility index (Phi) is 4.38. The first-order valence-corrected chi connectivity index (χ1v) is 6.83. The minimum atomic E-state index is -5.00. The summed E-state index contributed by atoms with van der Waals surface area (Å²) in [5.41, 5.74) is -3.24. The molecular formula is C13H15F3N2O5. The van der Waals surface area contributed by atoms with E-state index in [0.717, 1.165) is 6.07 Å². The molecule has 23 heavy (non-hydrogen) atoms. The van der Waals surface area contributed by atoms with Crippen molar-refractivity contribution in [3.05, 3.63) is 33.8 Å². The molecule has 1 fully saturated rings. The van der Waals surface area contributed by atoms with Crippen LogP contribution in [0.1, 0.15) is 24.4 Å². The van der Waals surface area contributed by atoms with Crippen LogP contribution in [0.3, 0.4) is 0 Å². The van der Waals surface area contributed by atoms with E-state index < -0.39 is 53.3 Å². The molecule has 0 aliphatic heterocycles. The minimum absolute atomic E-state index is 0.0692. The molecule has 1 aromatic rings. The molecule has 0 radical (unpaired) electrons. The first kappa shape index (κ1) is 17.3. The lowest BCUT2D eigenvalue weighted by Crippen LogP contribution is -2.45. The van der Waals surface area contributed by atoms with Crippen LogP contribution in [0.25, 0.3) is 0 Å². The summed E-state index contributed by atoms with van der Waals surface area (Å²) in [7, 11) is 0. The smallest absolute Gasteiger partial charge is 0.424 e. The van der Waals surface area contributed by atoms with Gasteiger partial charge in [-0.2, -0.15) is 13.2 Å². The Hall–Kier alpha value is -2.10. The van der Waals surface area contributed by atoms with Crippen LogP contribution < -0.4 is 5.32 Å². The van der Waals surface area contributed by atoms with Gasteiger partial charge >= 0.3 is 6.18 Å². The summed E-state index contributed by atoms with van der Waals surface area (Å²) in [6.07, 6.45) is -5.78. The summed E-state index contributed by atoms with van der Waals surface area (Å²) >= 11 is 0. The molecule has 2 rings (SSSR count). The first-order chi connectivity index (χ1) is 10.6. The van der Waals surface area contributed by atoms with Gasteiger partial charge in [-0.3, -0.25) is 14.9 Å². The third kappa shape index (κ3) is 3.46. The Morgan fingerprint density at radius 3 is 2.61 bits per heavy atom. The number of aliphatic hydroxyl groups is 1. The van der Waals surface area contributed by atoms with Gasteiger partial charge in [-0.25, -0.2) is 0 Å². The number of hydrogen-bond donors (Lipinski definition) is 2. The van der Waals surface area contributed by atoms with E-state index in [1.54, 1.807) is 0 Å². The lowest BCUT2D eigenvalue weighted by molar-refractivity contribution is -0.497. The van der Waals surface area contributed by atoms with E-state index in [4.69, 9.17) is 4.42 Å². The average molecular weight is 336 g/mol. The largest absolute Gasteiger partial charge is 0.463 e. The van der Waals surface area contributed by atoms with Crippen molar-refractivity contribution in [1.29, 1.82) is 0 Å². The second-order valence-electron chi connectivity index (χ2n) is 5.50. The fourth-order valence-electron chi connectivity index (χ4n) is 2.26. The van der Waals surface area contributed by atoms with Crippen LogP contribution in [-0.4, -0.2) is 34.7 Å². The molecule has 1 aliphatic carbocycles. The number of furan rings is 1. The normalized spacial score (nSPS) is 23.2. The maximum absolute atomic E-state index is 13.2. The highest BCUT2D eigenvalue weighted by atomic mass is 19.4. The highest BCUT2D eigenvalue weighted by Gasteiger charge is 2.57. The summed E-state index contributed by atoms with van der Waals surface area (Å²) in [6, 6.07) is 1.33. The van der Waals surface area contributed by atoms with Crippen molar-refractivity contribution in [2.75, 3.05) is 6.54 Å². The Bertz CT molecular complexity index is 615. The number of carbonyl (C=O) groups excluding carboxylic acids is 1. The second-order valence-corrected chi connectivity index (χ2v) is 5.50. The number of halogens is 3. The Morgan fingerprint density at radius 2 is 2.17 bits per heavy atom. The van der Waals surface area contributed by atoms with Gasteiger partial charge in [-0.05, 0) is 19.1 Å². The number of carbonyl (C=O) groups is 1. The average Bonchev–Trinajstić information content (AvgIpc) is 3.13. The summed E-state index contributed by atoms with van der Waals surface area (Å²) < 4.78 is 44.3. The van der Waals surface area contributed by atoms with Crippen molar-refractivity contribution >= 4 is 5.91 Å². The molecule has 3 atom stereocenters. The fourth-order valence-corrected chi connectivity index (χ4v) is 2.26. The topological polar surface area (TPSA) is 106 Å². The molecule has 0 saturated heterocycles. The molecule has 0 spiro atoms. The molecule has 0 unspecified atom stereocenters. The monoisotopic (exact) mass is 336 g/mol. The van der Waals surface area contributed by atoms with Crippen LogP contribution >= 0.6 is 0 Å². The van der Waals surface area contributed by atoms with Gasteiger partial charge in [0.2, 0.25) is 17.6 Å². The standard InChI is InChI=1S/C13H15F3N2O5/c1-7-2-3-10(23-7)12(20,13(14,15)16)4-5-17-11(19)8-6-9(8)18(21)22/h2-3,8-9,20H,4-6H2,1H3,(H,17,19)/t8-,9+,12-/m1/s1. The van der Waals surface area contributed by atoms with Crippen LogP contribution in [-0.2, 0) is 10.4 Å². The van der Waals surface area contributed by atoms with Gasteiger partial charge in [0.25, 0.3) is 0 Å². The number of hydrogen-bond acceptors (Lipinski definition) is 5. The van der Waals surface area contributed by atoms with Crippen molar-refractivity contribution in [3.63, 3.8) is 0 Å². The minimum Gasteiger partial charge on any atom is -0.463 e. The van der Waals surface area contributed by atoms with Gasteiger partial charge in [0.15, 0.2) is 0 Å². The number of alkyl halides is 3. The van der Waals surface area contributed by atoms with Crippen molar-refractivity contribution in [2.24, 2.45) is 5.92 Å². The number of rotatable bonds is 6. The highest BCUT2D eigenvalue weighted by Crippen LogP contribution is 2.42. The predicted octanol–water partition coefficient (Wildman–Crippen LogP) is 1.51. The number of nitrogens with one attached hydrogen (secondary N) is 1. The molecule has 128 valence electrons. The zero-order chi connectivity index (χ0) is 17.4. The van der Waals surface area contributed by atoms with Gasteiger partial charge in [0.1, 0.15) is 17.4 Å². The van der Waals surface area contributed by atoms with Gasteiger partial charge in [-0.15, -0.1) is 0 Å². The Balaban J connectivity index is 1.98. The second kappa shape index (κ2) is 5.84.